The van der Waals surface area contributed by atoms with Crippen LogP contribution < -0.4 is 10.5 Å². The molecule has 0 saturated carbocycles. The lowest BCUT2D eigenvalue weighted by molar-refractivity contribution is 0.387. The third-order valence-electron chi connectivity index (χ3n) is 2.09. The third kappa shape index (κ3) is 1.93. The molecule has 0 radical (unpaired) electrons. The lowest BCUT2D eigenvalue weighted by Crippen LogP contribution is -1.95. The van der Waals surface area contributed by atoms with Crippen molar-refractivity contribution < 1.29 is 9.13 Å². The van der Waals surface area contributed by atoms with E-state index in [0.29, 0.717) is 17.2 Å². The van der Waals surface area contributed by atoms with Gasteiger partial charge < -0.3 is 10.5 Å². The topological polar surface area (TPSA) is 61.0 Å². The minimum absolute atomic E-state index is 0.156. The predicted octanol–water partition coefficient (Wildman–Crippen LogP) is 1.87. The number of ether oxygens (including phenoxy) is 1. The Morgan fingerprint density at radius 2 is 2.12 bits per heavy atom. The Balaban J connectivity index is 2.48. The lowest BCUT2D eigenvalue weighted by Gasteiger charge is -2.04. The quantitative estimate of drug-likeness (QED) is 0.837. The normalized spacial score (nSPS) is 10.1. The predicted molar refractivity (Wildman–Crippen MR) is 58.4 cm³/mol. The Morgan fingerprint density at radius 1 is 1.31 bits per heavy atom. The van der Waals surface area contributed by atoms with Gasteiger partial charge in [-0.05, 0) is 24.3 Å². The van der Waals surface area contributed by atoms with Crippen molar-refractivity contribution in [1.29, 1.82) is 0 Å². The van der Waals surface area contributed by atoms with Crippen molar-refractivity contribution in [1.82, 2.24) is 9.97 Å². The van der Waals surface area contributed by atoms with Crippen LogP contribution in [-0.4, -0.2) is 17.1 Å². The first kappa shape index (κ1) is 10.4. The minimum atomic E-state index is -0.421. The molecule has 0 amide bonds. The standard InChI is InChI=1S/C11H10FN3O/c1-16-9-6-7(2-3-8(9)12)11-14-5-4-10(13)15-11/h2-6H,1H3,(H2,13,14,15). The molecule has 2 N–H and O–H groups in total. The van der Waals surface area contributed by atoms with Crippen LogP contribution in [0.4, 0.5) is 10.2 Å². The summed E-state index contributed by atoms with van der Waals surface area (Å²) < 4.78 is 18.1. The fourth-order valence-electron chi connectivity index (χ4n) is 1.31. The summed E-state index contributed by atoms with van der Waals surface area (Å²) in [4.78, 5) is 8.08. The maximum atomic E-state index is 13.2. The van der Waals surface area contributed by atoms with E-state index >= 15 is 0 Å². The van der Waals surface area contributed by atoms with Gasteiger partial charge in [-0.15, -0.1) is 0 Å². The highest BCUT2D eigenvalue weighted by atomic mass is 19.1. The number of halogens is 1. The second-order valence-corrected chi connectivity index (χ2v) is 3.15. The van der Waals surface area contributed by atoms with Crippen LogP contribution >= 0.6 is 0 Å². The first-order chi connectivity index (χ1) is 7.70. The van der Waals surface area contributed by atoms with Gasteiger partial charge in [0.25, 0.3) is 0 Å². The maximum Gasteiger partial charge on any atom is 0.165 e. The summed E-state index contributed by atoms with van der Waals surface area (Å²) in [5.74, 6) is 0.547. The summed E-state index contributed by atoms with van der Waals surface area (Å²) in [6.07, 6.45) is 1.55. The Labute approximate surface area is 91.9 Å². The zero-order valence-electron chi connectivity index (χ0n) is 8.64. The van der Waals surface area contributed by atoms with E-state index in [9.17, 15) is 4.39 Å². The summed E-state index contributed by atoms with van der Waals surface area (Å²) in [6, 6.07) is 6.00. The molecule has 16 heavy (non-hydrogen) atoms. The monoisotopic (exact) mass is 219 g/mol. The van der Waals surface area contributed by atoms with Crippen LogP contribution in [0.5, 0.6) is 5.75 Å². The number of benzene rings is 1. The van der Waals surface area contributed by atoms with E-state index in [2.05, 4.69) is 9.97 Å². The average Bonchev–Trinajstić information content (AvgIpc) is 2.29. The second-order valence-electron chi connectivity index (χ2n) is 3.15. The Hall–Kier alpha value is -2.17. The summed E-state index contributed by atoms with van der Waals surface area (Å²) in [5, 5.41) is 0. The zero-order valence-corrected chi connectivity index (χ0v) is 8.64. The number of methoxy groups -OCH3 is 1. The van der Waals surface area contributed by atoms with E-state index in [-0.39, 0.29) is 5.75 Å². The first-order valence-corrected chi connectivity index (χ1v) is 4.63. The number of nitrogens with two attached hydrogens (primary N) is 1. The van der Waals surface area contributed by atoms with Crippen molar-refractivity contribution in [3.8, 4) is 17.1 Å². The molecule has 0 aliphatic carbocycles. The number of rotatable bonds is 2. The molecule has 2 aromatic rings. The van der Waals surface area contributed by atoms with Gasteiger partial charge in [0.2, 0.25) is 0 Å². The Morgan fingerprint density at radius 3 is 2.81 bits per heavy atom. The summed E-state index contributed by atoms with van der Waals surface area (Å²) in [6.45, 7) is 0. The summed E-state index contributed by atoms with van der Waals surface area (Å²) >= 11 is 0. The number of nitrogen functional groups attached to an aromatic ring is 1. The Kier molecular flexibility index (Phi) is 2.68. The number of anilines is 1. The fraction of sp³-hybridized carbons (Fsp3) is 0.0909. The molecule has 1 heterocycles. The molecule has 2 rings (SSSR count). The van der Waals surface area contributed by atoms with Gasteiger partial charge in [-0.2, -0.15) is 0 Å². The first-order valence-electron chi connectivity index (χ1n) is 4.63. The van der Waals surface area contributed by atoms with Gasteiger partial charge in [-0.25, -0.2) is 14.4 Å². The molecule has 0 spiro atoms. The van der Waals surface area contributed by atoms with E-state index < -0.39 is 5.82 Å². The molecule has 1 aromatic carbocycles. The third-order valence-corrected chi connectivity index (χ3v) is 2.09. The highest BCUT2D eigenvalue weighted by molar-refractivity contribution is 5.58. The second kappa shape index (κ2) is 4.14. The fourth-order valence-corrected chi connectivity index (χ4v) is 1.31. The van der Waals surface area contributed by atoms with Gasteiger partial charge in [0.1, 0.15) is 5.82 Å². The molecule has 0 saturated heterocycles. The zero-order chi connectivity index (χ0) is 11.5. The lowest BCUT2D eigenvalue weighted by atomic mass is 10.2. The van der Waals surface area contributed by atoms with Crippen LogP contribution in [0, 0.1) is 5.82 Å². The van der Waals surface area contributed by atoms with Crippen molar-refractivity contribution >= 4 is 5.82 Å². The summed E-state index contributed by atoms with van der Waals surface area (Å²) in [5.41, 5.74) is 6.20. The molecule has 0 fully saturated rings. The Bertz CT molecular complexity index is 516. The van der Waals surface area contributed by atoms with Crippen LogP contribution in [0.25, 0.3) is 11.4 Å². The molecular weight excluding hydrogens is 209 g/mol. The van der Waals surface area contributed by atoms with Crippen molar-refractivity contribution in [2.75, 3.05) is 12.8 Å². The molecule has 0 unspecified atom stereocenters. The van der Waals surface area contributed by atoms with E-state index in [0.717, 1.165) is 0 Å². The SMILES string of the molecule is COc1cc(-c2nccc(N)n2)ccc1F. The molecule has 82 valence electrons. The molecule has 0 bridgehead atoms. The van der Waals surface area contributed by atoms with Crippen LogP contribution in [0.15, 0.2) is 30.5 Å². The minimum Gasteiger partial charge on any atom is -0.494 e. The maximum absolute atomic E-state index is 13.2. The van der Waals surface area contributed by atoms with E-state index in [4.69, 9.17) is 10.5 Å². The highest BCUT2D eigenvalue weighted by Gasteiger charge is 2.07. The van der Waals surface area contributed by atoms with Crippen LogP contribution in [0.1, 0.15) is 0 Å². The molecule has 4 nitrogen and oxygen atoms in total. The smallest absolute Gasteiger partial charge is 0.165 e. The van der Waals surface area contributed by atoms with Crippen molar-refractivity contribution in [2.24, 2.45) is 0 Å². The van der Waals surface area contributed by atoms with Crippen LogP contribution in [0.3, 0.4) is 0 Å². The number of hydrogen-bond donors (Lipinski definition) is 1. The molecule has 0 atom stereocenters. The van der Waals surface area contributed by atoms with Gasteiger partial charge in [-0.1, -0.05) is 0 Å². The van der Waals surface area contributed by atoms with Gasteiger partial charge in [0.05, 0.1) is 7.11 Å². The van der Waals surface area contributed by atoms with E-state index in [1.807, 2.05) is 0 Å². The van der Waals surface area contributed by atoms with Crippen LogP contribution in [-0.2, 0) is 0 Å². The van der Waals surface area contributed by atoms with Crippen molar-refractivity contribution in [3.05, 3.63) is 36.3 Å². The molecular formula is C11H10FN3O. The van der Waals surface area contributed by atoms with E-state index in [1.54, 1.807) is 18.3 Å². The van der Waals surface area contributed by atoms with E-state index in [1.165, 1.54) is 19.2 Å². The van der Waals surface area contributed by atoms with Crippen LogP contribution in [0.2, 0.25) is 0 Å². The molecule has 5 heteroatoms. The van der Waals surface area contributed by atoms with Gasteiger partial charge in [0.15, 0.2) is 17.4 Å². The number of nitrogens with zero attached hydrogens (tertiary/aromatic N) is 2. The van der Waals surface area contributed by atoms with Gasteiger partial charge in [-0.3, -0.25) is 0 Å². The number of aromatic nitrogens is 2. The molecule has 0 aliphatic heterocycles. The number of hydrogen-bond acceptors (Lipinski definition) is 4. The largest absolute Gasteiger partial charge is 0.494 e. The molecule has 1 aromatic heterocycles. The van der Waals surface area contributed by atoms with Gasteiger partial charge in [0, 0.05) is 11.8 Å². The van der Waals surface area contributed by atoms with Crippen molar-refractivity contribution in [3.63, 3.8) is 0 Å². The summed E-state index contributed by atoms with van der Waals surface area (Å²) in [7, 11) is 1.41. The van der Waals surface area contributed by atoms with Gasteiger partial charge >= 0.3 is 0 Å². The van der Waals surface area contributed by atoms with Crippen molar-refractivity contribution in [2.45, 2.75) is 0 Å². The molecule has 0 aliphatic rings. The highest BCUT2D eigenvalue weighted by Crippen LogP contribution is 2.24. The average molecular weight is 219 g/mol.